The molecule has 0 aliphatic rings. The van der Waals surface area contributed by atoms with Crippen molar-refractivity contribution in [1.29, 1.82) is 0 Å². The second kappa shape index (κ2) is 7.82. The Hall–Kier alpha value is -2.29. The maximum absolute atomic E-state index is 12.0. The van der Waals surface area contributed by atoms with Gasteiger partial charge in [-0.2, -0.15) is 0 Å². The third-order valence-corrected chi connectivity index (χ3v) is 3.76. The van der Waals surface area contributed by atoms with Gasteiger partial charge in [-0.3, -0.25) is 4.79 Å². The van der Waals surface area contributed by atoms with Crippen molar-refractivity contribution in [1.82, 2.24) is 0 Å². The molecule has 23 heavy (non-hydrogen) atoms. The van der Waals surface area contributed by atoms with E-state index in [1.807, 2.05) is 12.1 Å². The number of benzene rings is 2. The number of carbonyl (C=O) groups excluding carboxylic acids is 1. The highest BCUT2D eigenvalue weighted by Gasteiger charge is 2.04. The Morgan fingerprint density at radius 2 is 1.57 bits per heavy atom. The Kier molecular flexibility index (Phi) is 5.80. The van der Waals surface area contributed by atoms with Crippen molar-refractivity contribution >= 4 is 17.3 Å². The van der Waals surface area contributed by atoms with Crippen LogP contribution in [0.25, 0.3) is 0 Å². The molecule has 0 unspecified atom stereocenters. The monoisotopic (exact) mass is 310 g/mol. The van der Waals surface area contributed by atoms with E-state index in [9.17, 15) is 4.79 Å². The number of aryl methyl sites for hydroxylation is 2. The lowest BCUT2D eigenvalue weighted by atomic mass is 10.0. The zero-order chi connectivity index (χ0) is 16.8. The van der Waals surface area contributed by atoms with Crippen LogP contribution in [0.3, 0.4) is 0 Å². The quantitative estimate of drug-likeness (QED) is 0.799. The predicted molar refractivity (Wildman–Crippen MR) is 98.2 cm³/mol. The molecule has 0 aliphatic carbocycles. The number of hydrogen-bond donors (Lipinski definition) is 2. The molecule has 0 bridgehead atoms. The first-order valence-corrected chi connectivity index (χ1v) is 8.16. The van der Waals surface area contributed by atoms with Crippen LogP contribution in [0.5, 0.6) is 0 Å². The summed E-state index contributed by atoms with van der Waals surface area (Å²) in [6.45, 7) is 9.09. The molecule has 2 aromatic rings. The molecule has 2 aromatic carbocycles. The van der Waals surface area contributed by atoms with E-state index in [2.05, 4.69) is 68.7 Å². The van der Waals surface area contributed by atoms with Gasteiger partial charge in [0.2, 0.25) is 5.91 Å². The molecule has 0 atom stereocenters. The summed E-state index contributed by atoms with van der Waals surface area (Å²) in [4.78, 5) is 12.0. The second-order valence-electron chi connectivity index (χ2n) is 6.38. The van der Waals surface area contributed by atoms with Crippen LogP contribution in [0.15, 0.2) is 42.5 Å². The average Bonchev–Trinajstić information content (AvgIpc) is 2.46. The summed E-state index contributed by atoms with van der Waals surface area (Å²) in [5.41, 5.74) is 5.64. The molecule has 1 amide bonds. The summed E-state index contributed by atoms with van der Waals surface area (Å²) in [7, 11) is 0. The summed E-state index contributed by atoms with van der Waals surface area (Å²) in [6, 6.07) is 14.4. The van der Waals surface area contributed by atoms with Gasteiger partial charge in [0.25, 0.3) is 0 Å². The largest absolute Gasteiger partial charge is 0.385 e. The van der Waals surface area contributed by atoms with Crippen LogP contribution in [0.2, 0.25) is 0 Å². The first-order chi connectivity index (χ1) is 10.9. The minimum absolute atomic E-state index is 0.0270. The molecule has 3 nitrogen and oxygen atoms in total. The van der Waals surface area contributed by atoms with Crippen molar-refractivity contribution in [2.45, 2.75) is 40.0 Å². The Morgan fingerprint density at radius 3 is 2.13 bits per heavy atom. The summed E-state index contributed by atoms with van der Waals surface area (Å²) >= 11 is 0. The molecular weight excluding hydrogens is 284 g/mol. The number of amides is 1. The van der Waals surface area contributed by atoms with Crippen LogP contribution in [-0.4, -0.2) is 12.5 Å². The fourth-order valence-electron chi connectivity index (χ4n) is 2.57. The van der Waals surface area contributed by atoms with Crippen molar-refractivity contribution in [3.8, 4) is 0 Å². The van der Waals surface area contributed by atoms with Gasteiger partial charge in [0.05, 0.1) is 0 Å². The van der Waals surface area contributed by atoms with Crippen molar-refractivity contribution in [2.75, 3.05) is 17.2 Å². The van der Waals surface area contributed by atoms with E-state index < -0.39 is 0 Å². The molecule has 0 heterocycles. The number of hydrogen-bond acceptors (Lipinski definition) is 2. The van der Waals surface area contributed by atoms with Crippen LogP contribution in [0.4, 0.5) is 11.4 Å². The van der Waals surface area contributed by atoms with Gasteiger partial charge in [0.15, 0.2) is 0 Å². The van der Waals surface area contributed by atoms with E-state index in [1.54, 1.807) is 0 Å². The third kappa shape index (κ3) is 5.44. The lowest BCUT2D eigenvalue weighted by molar-refractivity contribution is -0.115. The zero-order valence-corrected chi connectivity index (χ0v) is 14.4. The van der Waals surface area contributed by atoms with Gasteiger partial charge in [-0.15, -0.1) is 0 Å². The standard InChI is InChI=1S/C20H26N2O/c1-14(2)17-5-7-18(8-6-17)22-20(23)9-10-21-19-12-15(3)11-16(4)13-19/h5-8,11-14,21H,9-10H2,1-4H3,(H,22,23). The topological polar surface area (TPSA) is 41.1 Å². The van der Waals surface area contributed by atoms with Crippen LogP contribution in [-0.2, 0) is 4.79 Å². The molecule has 0 aliphatic heterocycles. The Balaban J connectivity index is 1.80. The third-order valence-electron chi connectivity index (χ3n) is 3.76. The highest BCUT2D eigenvalue weighted by atomic mass is 16.1. The molecule has 3 heteroatoms. The van der Waals surface area contributed by atoms with Gasteiger partial charge in [0.1, 0.15) is 0 Å². The first-order valence-electron chi connectivity index (χ1n) is 8.16. The number of rotatable bonds is 6. The first kappa shape index (κ1) is 17.1. The maximum atomic E-state index is 12.0. The van der Waals surface area contributed by atoms with Gasteiger partial charge in [-0.25, -0.2) is 0 Å². The van der Waals surface area contributed by atoms with Crippen LogP contribution in [0, 0.1) is 13.8 Å². The molecule has 122 valence electrons. The average molecular weight is 310 g/mol. The Labute approximate surface area is 139 Å². The smallest absolute Gasteiger partial charge is 0.226 e. The highest BCUT2D eigenvalue weighted by Crippen LogP contribution is 2.17. The van der Waals surface area contributed by atoms with E-state index in [0.717, 1.165) is 11.4 Å². The molecule has 0 fully saturated rings. The SMILES string of the molecule is Cc1cc(C)cc(NCCC(=O)Nc2ccc(C(C)C)cc2)c1. The molecule has 0 aromatic heterocycles. The van der Waals surface area contributed by atoms with Gasteiger partial charge in [-0.1, -0.05) is 32.0 Å². The Bertz CT molecular complexity index is 640. The number of nitrogens with one attached hydrogen (secondary N) is 2. The lowest BCUT2D eigenvalue weighted by Gasteiger charge is -2.10. The van der Waals surface area contributed by atoms with Crippen LogP contribution < -0.4 is 10.6 Å². The fourth-order valence-corrected chi connectivity index (χ4v) is 2.57. The Morgan fingerprint density at radius 1 is 0.957 bits per heavy atom. The number of carbonyl (C=O) groups is 1. The van der Waals surface area contributed by atoms with Gasteiger partial charge >= 0.3 is 0 Å². The summed E-state index contributed by atoms with van der Waals surface area (Å²) in [5, 5.41) is 6.24. The lowest BCUT2D eigenvalue weighted by Crippen LogP contribution is -2.16. The normalized spacial score (nSPS) is 10.7. The zero-order valence-electron chi connectivity index (χ0n) is 14.4. The minimum Gasteiger partial charge on any atom is -0.385 e. The molecule has 0 saturated carbocycles. The summed E-state index contributed by atoms with van der Waals surface area (Å²) in [5.74, 6) is 0.529. The van der Waals surface area contributed by atoms with Gasteiger partial charge in [0, 0.05) is 24.3 Å². The van der Waals surface area contributed by atoms with E-state index in [4.69, 9.17) is 0 Å². The van der Waals surface area contributed by atoms with Crippen molar-refractivity contribution < 1.29 is 4.79 Å². The minimum atomic E-state index is 0.0270. The fraction of sp³-hybridized carbons (Fsp3) is 0.350. The van der Waals surface area contributed by atoms with Crippen LogP contribution in [0.1, 0.15) is 42.9 Å². The van der Waals surface area contributed by atoms with Gasteiger partial charge in [-0.05, 0) is 60.7 Å². The summed E-state index contributed by atoms with van der Waals surface area (Å²) in [6.07, 6.45) is 0.443. The number of anilines is 2. The van der Waals surface area contributed by atoms with Crippen LogP contribution >= 0.6 is 0 Å². The molecule has 0 saturated heterocycles. The molecular formula is C20H26N2O. The second-order valence-corrected chi connectivity index (χ2v) is 6.38. The molecule has 0 spiro atoms. The molecule has 2 rings (SSSR count). The van der Waals surface area contributed by atoms with E-state index in [1.165, 1.54) is 16.7 Å². The highest BCUT2D eigenvalue weighted by molar-refractivity contribution is 5.91. The van der Waals surface area contributed by atoms with Crippen molar-refractivity contribution in [3.63, 3.8) is 0 Å². The predicted octanol–water partition coefficient (Wildman–Crippen LogP) is 4.87. The maximum Gasteiger partial charge on any atom is 0.226 e. The van der Waals surface area contributed by atoms with E-state index in [-0.39, 0.29) is 5.91 Å². The molecule has 0 radical (unpaired) electrons. The van der Waals surface area contributed by atoms with Crippen molar-refractivity contribution in [2.24, 2.45) is 0 Å². The molecule has 2 N–H and O–H groups in total. The van der Waals surface area contributed by atoms with Gasteiger partial charge < -0.3 is 10.6 Å². The summed E-state index contributed by atoms with van der Waals surface area (Å²) < 4.78 is 0. The van der Waals surface area contributed by atoms with Crippen molar-refractivity contribution in [3.05, 3.63) is 59.2 Å². The van der Waals surface area contributed by atoms with E-state index in [0.29, 0.717) is 18.9 Å². The van der Waals surface area contributed by atoms with E-state index >= 15 is 0 Å².